The summed E-state index contributed by atoms with van der Waals surface area (Å²) in [4.78, 5) is 24.3. The minimum atomic E-state index is -0.138. The van der Waals surface area contributed by atoms with Crippen molar-refractivity contribution < 1.29 is 4.79 Å². The predicted octanol–water partition coefficient (Wildman–Crippen LogP) is 0.174. The van der Waals surface area contributed by atoms with E-state index in [4.69, 9.17) is 5.84 Å². The summed E-state index contributed by atoms with van der Waals surface area (Å²) in [5.41, 5.74) is 2.68. The summed E-state index contributed by atoms with van der Waals surface area (Å²) in [5.74, 6) is 5.51. The van der Waals surface area contributed by atoms with Crippen LogP contribution in [-0.2, 0) is 0 Å². The lowest BCUT2D eigenvalue weighted by atomic mass is 10.2. The quantitative estimate of drug-likeness (QED) is 0.564. The minimum Gasteiger partial charge on any atom is -0.334 e. The van der Waals surface area contributed by atoms with E-state index < -0.39 is 0 Å². The number of carbonyl (C=O) groups is 1. The fourth-order valence-electron chi connectivity index (χ4n) is 1.97. The van der Waals surface area contributed by atoms with E-state index in [2.05, 4.69) is 15.4 Å². The van der Waals surface area contributed by atoms with Gasteiger partial charge >= 0.3 is 0 Å². The van der Waals surface area contributed by atoms with Gasteiger partial charge in [0, 0.05) is 19.1 Å². The van der Waals surface area contributed by atoms with Crippen molar-refractivity contribution in [2.75, 3.05) is 32.6 Å². The van der Waals surface area contributed by atoms with Crippen molar-refractivity contribution in [3.63, 3.8) is 0 Å². The van der Waals surface area contributed by atoms with Gasteiger partial charge in [0.25, 0.3) is 5.91 Å². The van der Waals surface area contributed by atoms with Gasteiger partial charge < -0.3 is 15.2 Å². The average molecular weight is 266 g/mol. The van der Waals surface area contributed by atoms with Crippen molar-refractivity contribution in [1.82, 2.24) is 19.8 Å². The molecule has 1 aromatic heterocycles. The number of amides is 1. The smallest absolute Gasteiger partial charge is 0.274 e. The standard InChI is InChI=1S/C12H22N6O/c1-5-18(9(2)8-17(3)4)12(19)10-6-14-7-11(15-10)16-13/h6-7,9H,5,8,13H2,1-4H3,(H,15,16). The highest BCUT2D eigenvalue weighted by Crippen LogP contribution is 2.08. The maximum Gasteiger partial charge on any atom is 0.274 e. The third-order valence-corrected chi connectivity index (χ3v) is 2.76. The number of carbonyl (C=O) groups excluding carboxylic acids is 1. The van der Waals surface area contributed by atoms with Crippen LogP contribution in [0.25, 0.3) is 0 Å². The van der Waals surface area contributed by atoms with Gasteiger partial charge in [0.2, 0.25) is 0 Å². The summed E-state index contributed by atoms with van der Waals surface area (Å²) in [7, 11) is 3.96. The molecule has 19 heavy (non-hydrogen) atoms. The zero-order valence-corrected chi connectivity index (χ0v) is 11.9. The fourth-order valence-corrected chi connectivity index (χ4v) is 1.97. The molecule has 0 bridgehead atoms. The Kier molecular flexibility index (Phi) is 5.65. The molecule has 0 saturated carbocycles. The number of nitrogens with two attached hydrogens (primary N) is 1. The van der Waals surface area contributed by atoms with E-state index in [0.717, 1.165) is 6.54 Å². The topological polar surface area (TPSA) is 87.4 Å². The molecule has 0 spiro atoms. The van der Waals surface area contributed by atoms with Gasteiger partial charge in [0.05, 0.1) is 12.4 Å². The number of likely N-dealkylation sites (N-methyl/N-ethyl adjacent to an activating group) is 2. The van der Waals surface area contributed by atoms with E-state index in [1.54, 1.807) is 4.90 Å². The summed E-state index contributed by atoms with van der Waals surface area (Å²) in [5, 5.41) is 0. The van der Waals surface area contributed by atoms with Crippen LogP contribution < -0.4 is 11.3 Å². The van der Waals surface area contributed by atoms with Gasteiger partial charge in [-0.25, -0.2) is 10.8 Å². The third kappa shape index (κ3) is 4.15. The van der Waals surface area contributed by atoms with E-state index in [9.17, 15) is 4.79 Å². The lowest BCUT2D eigenvalue weighted by Crippen LogP contribution is -2.44. The molecule has 1 rings (SSSR count). The van der Waals surface area contributed by atoms with Gasteiger partial charge in [0.15, 0.2) is 5.82 Å². The minimum absolute atomic E-state index is 0.101. The number of aromatic nitrogens is 2. The Balaban J connectivity index is 2.88. The first kappa shape index (κ1) is 15.3. The van der Waals surface area contributed by atoms with Crippen molar-refractivity contribution >= 4 is 11.7 Å². The van der Waals surface area contributed by atoms with Crippen LogP contribution >= 0.6 is 0 Å². The number of hydrazine groups is 1. The van der Waals surface area contributed by atoms with Crippen molar-refractivity contribution in [1.29, 1.82) is 0 Å². The second kappa shape index (κ2) is 7.01. The Hall–Kier alpha value is -1.73. The highest BCUT2D eigenvalue weighted by atomic mass is 16.2. The van der Waals surface area contributed by atoms with Crippen LogP contribution in [0.4, 0.5) is 5.82 Å². The maximum atomic E-state index is 12.4. The molecule has 0 aromatic carbocycles. The first-order chi connectivity index (χ1) is 8.99. The molecule has 0 aliphatic carbocycles. The van der Waals surface area contributed by atoms with Crippen LogP contribution in [0.1, 0.15) is 24.3 Å². The molecule has 1 aromatic rings. The highest BCUT2D eigenvalue weighted by Gasteiger charge is 2.21. The van der Waals surface area contributed by atoms with Crippen molar-refractivity contribution in [2.24, 2.45) is 5.84 Å². The SMILES string of the molecule is CCN(C(=O)c1cncc(NN)n1)C(C)CN(C)C. The molecule has 1 atom stereocenters. The molecule has 0 aliphatic rings. The summed E-state index contributed by atoms with van der Waals surface area (Å²) in [6.07, 6.45) is 2.92. The monoisotopic (exact) mass is 266 g/mol. The summed E-state index contributed by atoms with van der Waals surface area (Å²) < 4.78 is 0. The molecule has 1 unspecified atom stereocenters. The van der Waals surface area contributed by atoms with Crippen LogP contribution in [-0.4, -0.2) is 58.9 Å². The van der Waals surface area contributed by atoms with Crippen LogP contribution in [0.15, 0.2) is 12.4 Å². The normalized spacial score (nSPS) is 12.3. The van der Waals surface area contributed by atoms with Gasteiger partial charge in [-0.3, -0.25) is 9.78 Å². The van der Waals surface area contributed by atoms with Gasteiger partial charge in [-0.2, -0.15) is 0 Å². The molecule has 7 heteroatoms. The van der Waals surface area contributed by atoms with Gasteiger partial charge in [-0.1, -0.05) is 0 Å². The number of nitrogens with zero attached hydrogens (tertiary/aromatic N) is 4. The van der Waals surface area contributed by atoms with Crippen molar-refractivity contribution in [3.8, 4) is 0 Å². The van der Waals surface area contributed by atoms with Gasteiger partial charge in [-0.15, -0.1) is 0 Å². The average Bonchev–Trinajstić information content (AvgIpc) is 2.38. The number of rotatable bonds is 6. The largest absolute Gasteiger partial charge is 0.334 e. The molecule has 3 N–H and O–H groups in total. The third-order valence-electron chi connectivity index (χ3n) is 2.76. The zero-order valence-electron chi connectivity index (χ0n) is 11.9. The molecule has 0 aliphatic heterocycles. The first-order valence-corrected chi connectivity index (χ1v) is 6.24. The number of hydrogen-bond acceptors (Lipinski definition) is 6. The van der Waals surface area contributed by atoms with Gasteiger partial charge in [-0.05, 0) is 27.9 Å². The molecule has 0 radical (unpaired) electrons. The fraction of sp³-hybridized carbons (Fsp3) is 0.583. The second-order valence-electron chi connectivity index (χ2n) is 4.64. The first-order valence-electron chi connectivity index (χ1n) is 6.24. The van der Waals surface area contributed by atoms with Crippen LogP contribution in [0.3, 0.4) is 0 Å². The second-order valence-corrected chi connectivity index (χ2v) is 4.64. The molecular formula is C12H22N6O. The summed E-state index contributed by atoms with van der Waals surface area (Å²) in [6, 6.07) is 0.101. The molecule has 7 nitrogen and oxygen atoms in total. The molecule has 0 saturated heterocycles. The highest BCUT2D eigenvalue weighted by molar-refractivity contribution is 5.92. The van der Waals surface area contributed by atoms with E-state index in [-0.39, 0.29) is 11.9 Å². The predicted molar refractivity (Wildman–Crippen MR) is 74.6 cm³/mol. The Morgan fingerprint density at radius 3 is 2.68 bits per heavy atom. The molecule has 106 valence electrons. The molecular weight excluding hydrogens is 244 g/mol. The number of hydrogen-bond donors (Lipinski definition) is 2. The molecule has 0 fully saturated rings. The molecule has 1 amide bonds. The Morgan fingerprint density at radius 2 is 2.16 bits per heavy atom. The van der Waals surface area contributed by atoms with E-state index in [1.165, 1.54) is 12.4 Å². The lowest BCUT2D eigenvalue weighted by Gasteiger charge is -2.29. The number of anilines is 1. The lowest BCUT2D eigenvalue weighted by molar-refractivity contribution is 0.0672. The van der Waals surface area contributed by atoms with Gasteiger partial charge in [0.1, 0.15) is 5.69 Å². The van der Waals surface area contributed by atoms with E-state index in [1.807, 2.05) is 32.8 Å². The van der Waals surface area contributed by atoms with Crippen LogP contribution in [0.2, 0.25) is 0 Å². The van der Waals surface area contributed by atoms with Crippen LogP contribution in [0, 0.1) is 0 Å². The molecule has 1 heterocycles. The summed E-state index contributed by atoms with van der Waals surface area (Å²) in [6.45, 7) is 5.38. The summed E-state index contributed by atoms with van der Waals surface area (Å²) >= 11 is 0. The van der Waals surface area contributed by atoms with E-state index >= 15 is 0 Å². The van der Waals surface area contributed by atoms with Crippen molar-refractivity contribution in [2.45, 2.75) is 19.9 Å². The Bertz CT molecular complexity index is 422. The van der Waals surface area contributed by atoms with Crippen molar-refractivity contribution in [3.05, 3.63) is 18.1 Å². The zero-order chi connectivity index (χ0) is 14.4. The van der Waals surface area contributed by atoms with E-state index in [0.29, 0.717) is 18.1 Å². The Labute approximate surface area is 113 Å². The Morgan fingerprint density at radius 1 is 1.47 bits per heavy atom. The number of nitrogen functional groups attached to an aromatic ring is 1. The maximum absolute atomic E-state index is 12.4. The number of nitrogens with one attached hydrogen (secondary N) is 1. The van der Waals surface area contributed by atoms with Crippen LogP contribution in [0.5, 0.6) is 0 Å².